The van der Waals surface area contributed by atoms with Gasteiger partial charge in [-0.1, -0.05) is 69.9 Å². The molecule has 0 spiro atoms. The molecule has 0 aromatic rings. The van der Waals surface area contributed by atoms with Gasteiger partial charge < -0.3 is 7.80 Å². The molecule has 1 saturated heterocycles. The van der Waals surface area contributed by atoms with Gasteiger partial charge >= 0.3 is 0 Å². The van der Waals surface area contributed by atoms with Crippen LogP contribution in [0.3, 0.4) is 0 Å². The van der Waals surface area contributed by atoms with Crippen LogP contribution in [0.4, 0.5) is 0 Å². The smallest absolute Gasteiger partial charge is 0.114 e. The third-order valence-corrected chi connectivity index (χ3v) is 36.7. The first-order valence-corrected chi connectivity index (χ1v) is 17.3. The van der Waals surface area contributed by atoms with Gasteiger partial charge in [0.15, 0.2) is 0 Å². The predicted molar refractivity (Wildman–Crippen MR) is 117 cm³/mol. The van der Waals surface area contributed by atoms with Crippen LogP contribution in [0.1, 0.15) is 12.8 Å². The zero-order valence-electron chi connectivity index (χ0n) is 11.8. The Kier molecular flexibility index (Phi) is 6.11. The summed E-state index contributed by atoms with van der Waals surface area (Å²) in [7, 11) is 1.70. The molecule has 1 fully saturated rings. The second kappa shape index (κ2) is 7.36. The van der Waals surface area contributed by atoms with Crippen LogP contribution in [-0.2, 0) is 31.4 Å². The highest BCUT2D eigenvalue weighted by atomic mass is 127. The van der Waals surface area contributed by atoms with Crippen molar-refractivity contribution in [2.24, 2.45) is 0 Å². The summed E-state index contributed by atoms with van der Waals surface area (Å²) in [6.45, 7) is 0. The Labute approximate surface area is 163 Å². The van der Waals surface area contributed by atoms with E-state index in [-0.39, 0.29) is 6.10 Å². The SMILES string of the molecule is COC1=CCC(P2(=S)SP(=S)(C3=CCC(OI)C=C3)S2)C=C1. The molecule has 0 amide bonds. The molecule has 3 aliphatic rings. The Morgan fingerprint density at radius 3 is 2.45 bits per heavy atom. The van der Waals surface area contributed by atoms with Gasteiger partial charge in [-0.2, -0.15) is 0 Å². The first-order chi connectivity index (χ1) is 10.5. The first-order valence-electron chi connectivity index (χ1n) is 6.70. The van der Waals surface area contributed by atoms with Crippen molar-refractivity contribution in [2.75, 3.05) is 7.11 Å². The van der Waals surface area contributed by atoms with Crippen molar-refractivity contribution in [2.45, 2.75) is 24.6 Å². The molecule has 0 bridgehead atoms. The van der Waals surface area contributed by atoms with Crippen LogP contribution >= 0.6 is 53.9 Å². The van der Waals surface area contributed by atoms with Crippen molar-refractivity contribution >= 4 is 77.5 Å². The summed E-state index contributed by atoms with van der Waals surface area (Å²) < 4.78 is 7.51. The van der Waals surface area contributed by atoms with Crippen LogP contribution in [-0.4, -0.2) is 18.9 Å². The molecule has 3 rings (SSSR count). The van der Waals surface area contributed by atoms with Crippen molar-refractivity contribution in [3.8, 4) is 0 Å². The number of rotatable bonds is 4. The molecule has 0 aromatic heterocycles. The molecule has 120 valence electrons. The zero-order chi connectivity index (χ0) is 15.8. The molecule has 2 aliphatic carbocycles. The van der Waals surface area contributed by atoms with Gasteiger partial charge in [0.25, 0.3) is 0 Å². The summed E-state index contributed by atoms with van der Waals surface area (Å²) in [5.74, 6) is 0.940. The summed E-state index contributed by atoms with van der Waals surface area (Å²) in [5.41, 5.74) is 0.450. The number of hydrogen-bond donors (Lipinski definition) is 0. The van der Waals surface area contributed by atoms with Gasteiger partial charge in [-0.15, -0.1) is 0 Å². The monoisotopic (exact) mass is 520 g/mol. The van der Waals surface area contributed by atoms with Crippen molar-refractivity contribution in [1.82, 2.24) is 0 Å². The molecule has 0 N–H and O–H groups in total. The van der Waals surface area contributed by atoms with E-state index in [1.807, 2.05) is 51.1 Å². The maximum absolute atomic E-state index is 5.99. The van der Waals surface area contributed by atoms with E-state index in [0.29, 0.717) is 5.66 Å². The largest absolute Gasteiger partial charge is 0.497 e. The molecular formula is C13H15IO2P2S4. The van der Waals surface area contributed by atoms with Gasteiger partial charge in [-0.05, 0) is 25.0 Å². The molecule has 0 radical (unpaired) electrons. The number of halogens is 1. The minimum Gasteiger partial charge on any atom is -0.497 e. The molecule has 1 heterocycles. The average molecular weight is 520 g/mol. The Balaban J connectivity index is 1.66. The standard InChI is InChI=1S/C13H15IO2P2S4/c1-15-10-2-6-12(7-3-10)17(19)21-18(20,22-17)13-8-4-11(16-14)5-9-13/h2-4,6,8-9,11-12H,5,7H2,1H3. The summed E-state index contributed by atoms with van der Waals surface area (Å²) in [5, 5.41) is 1.32. The lowest BCUT2D eigenvalue weighted by molar-refractivity contribution is 0.304. The van der Waals surface area contributed by atoms with Crippen LogP contribution in [0.15, 0.2) is 47.5 Å². The van der Waals surface area contributed by atoms with E-state index in [1.165, 1.54) is 5.31 Å². The Bertz CT molecular complexity index is 672. The van der Waals surface area contributed by atoms with Crippen LogP contribution in [0, 0.1) is 0 Å². The zero-order valence-corrected chi connectivity index (χ0v) is 19.0. The molecule has 0 saturated carbocycles. The molecule has 0 aromatic carbocycles. The van der Waals surface area contributed by atoms with Gasteiger partial charge in [0, 0.05) is 11.0 Å². The summed E-state index contributed by atoms with van der Waals surface area (Å²) >= 11 is 17.8. The molecule has 2 nitrogen and oxygen atoms in total. The predicted octanol–water partition coefficient (Wildman–Crippen LogP) is 6.52. The Morgan fingerprint density at radius 1 is 1.18 bits per heavy atom. The van der Waals surface area contributed by atoms with Crippen molar-refractivity contribution in [1.29, 1.82) is 0 Å². The maximum Gasteiger partial charge on any atom is 0.114 e. The fourth-order valence-corrected chi connectivity index (χ4v) is 47.4. The topological polar surface area (TPSA) is 18.5 Å². The molecule has 1 aliphatic heterocycles. The van der Waals surface area contributed by atoms with Crippen molar-refractivity contribution in [3.63, 3.8) is 0 Å². The fraction of sp³-hybridized carbons (Fsp3) is 0.385. The quantitative estimate of drug-likeness (QED) is 0.308. The lowest BCUT2D eigenvalue weighted by Crippen LogP contribution is -2.09. The number of hydrogen-bond acceptors (Lipinski definition) is 6. The first kappa shape index (κ1) is 18.2. The fourth-order valence-electron chi connectivity index (χ4n) is 2.36. The molecule has 9 heteroatoms. The number of ether oxygens (including phenoxy) is 1. The van der Waals surface area contributed by atoms with Gasteiger partial charge in [-0.25, -0.2) is 0 Å². The molecule has 2 unspecified atom stereocenters. The highest BCUT2D eigenvalue weighted by Crippen LogP contribution is 3.08. The van der Waals surface area contributed by atoms with Gasteiger partial charge in [0.1, 0.15) is 28.8 Å². The highest BCUT2D eigenvalue weighted by Gasteiger charge is 2.49. The van der Waals surface area contributed by atoms with Crippen molar-refractivity contribution < 1.29 is 7.80 Å². The second-order valence-electron chi connectivity index (χ2n) is 5.02. The average Bonchev–Trinajstić information content (AvgIpc) is 2.53. The second-order valence-corrected chi connectivity index (χ2v) is 27.3. The van der Waals surface area contributed by atoms with E-state index in [4.69, 9.17) is 31.4 Å². The third kappa shape index (κ3) is 3.67. The van der Waals surface area contributed by atoms with E-state index in [9.17, 15) is 0 Å². The van der Waals surface area contributed by atoms with Gasteiger partial charge in [-0.3, -0.25) is 0 Å². The van der Waals surface area contributed by atoms with Crippen LogP contribution < -0.4 is 0 Å². The van der Waals surface area contributed by atoms with Crippen LogP contribution in [0.25, 0.3) is 0 Å². The van der Waals surface area contributed by atoms with Gasteiger partial charge in [0.2, 0.25) is 0 Å². The number of allylic oxidation sites excluding steroid dienone is 5. The van der Waals surface area contributed by atoms with Crippen LogP contribution in [0.5, 0.6) is 0 Å². The normalized spacial score (nSPS) is 40.6. The van der Waals surface area contributed by atoms with Crippen LogP contribution in [0.2, 0.25) is 0 Å². The lowest BCUT2D eigenvalue weighted by Gasteiger charge is -2.45. The molecule has 22 heavy (non-hydrogen) atoms. The minimum absolute atomic E-state index is 0.184. The van der Waals surface area contributed by atoms with E-state index >= 15 is 0 Å². The molecule has 2 atom stereocenters. The van der Waals surface area contributed by atoms with E-state index in [1.54, 1.807) is 7.11 Å². The van der Waals surface area contributed by atoms with E-state index in [2.05, 4.69) is 30.4 Å². The number of methoxy groups -OCH3 is 1. The maximum atomic E-state index is 5.99. The van der Waals surface area contributed by atoms with Gasteiger partial charge in [0.05, 0.1) is 22.1 Å². The minimum atomic E-state index is -1.57. The summed E-state index contributed by atoms with van der Waals surface area (Å²) in [6, 6.07) is 0. The highest BCUT2D eigenvalue weighted by molar-refractivity contribution is 14.1. The summed E-state index contributed by atoms with van der Waals surface area (Å²) in [4.78, 5) is 0. The Hall–Kier alpha value is 1.45. The lowest BCUT2D eigenvalue weighted by atomic mass is 10.1. The van der Waals surface area contributed by atoms with E-state index < -0.39 is 8.88 Å². The Morgan fingerprint density at radius 2 is 1.95 bits per heavy atom. The summed E-state index contributed by atoms with van der Waals surface area (Å²) in [6.07, 6.45) is 15.0. The van der Waals surface area contributed by atoms with E-state index in [0.717, 1.165) is 18.6 Å². The van der Waals surface area contributed by atoms with Crippen molar-refractivity contribution in [3.05, 3.63) is 47.5 Å². The molecular weight excluding hydrogens is 505 g/mol. The third-order valence-electron chi connectivity index (χ3n) is 3.60.